The first-order chi connectivity index (χ1) is 16.6. The number of carbonyl (C=O) groups is 2. The van der Waals surface area contributed by atoms with Crippen molar-refractivity contribution in [3.05, 3.63) is 102 Å². The molecule has 3 aromatic carbocycles. The Kier molecular flexibility index (Phi) is 6.57. The molecule has 0 radical (unpaired) electrons. The van der Waals surface area contributed by atoms with Gasteiger partial charge in [-0.2, -0.15) is 0 Å². The van der Waals surface area contributed by atoms with E-state index in [-0.39, 0.29) is 11.8 Å². The first-order valence-corrected chi connectivity index (χ1v) is 12.2. The molecule has 0 aliphatic carbocycles. The Bertz CT molecular complexity index is 1100. The lowest BCUT2D eigenvalue weighted by Gasteiger charge is -2.42. The van der Waals surface area contributed by atoms with E-state index in [1.165, 1.54) is 11.1 Å². The van der Waals surface area contributed by atoms with Crippen LogP contribution < -0.4 is 4.90 Å². The molecule has 1 atom stereocenters. The smallest absolute Gasteiger partial charge is 0.299 e. The molecular formula is C29H31N3O2. The van der Waals surface area contributed by atoms with E-state index in [1.807, 2.05) is 18.2 Å². The number of anilines is 1. The van der Waals surface area contributed by atoms with Crippen molar-refractivity contribution in [3.63, 3.8) is 0 Å². The number of hydrogen-bond acceptors (Lipinski definition) is 4. The van der Waals surface area contributed by atoms with E-state index < -0.39 is 5.91 Å². The predicted octanol–water partition coefficient (Wildman–Crippen LogP) is 4.40. The second-order valence-electron chi connectivity index (χ2n) is 9.24. The second kappa shape index (κ2) is 9.92. The number of hydrogen-bond donors (Lipinski definition) is 0. The van der Waals surface area contributed by atoms with Crippen molar-refractivity contribution in [1.82, 2.24) is 9.80 Å². The molecule has 5 nitrogen and oxygen atoms in total. The van der Waals surface area contributed by atoms with E-state index in [4.69, 9.17) is 0 Å². The zero-order valence-electron chi connectivity index (χ0n) is 19.6. The van der Waals surface area contributed by atoms with Gasteiger partial charge >= 0.3 is 0 Å². The van der Waals surface area contributed by atoms with Crippen LogP contribution in [0.25, 0.3) is 0 Å². The fourth-order valence-electron chi connectivity index (χ4n) is 5.29. The standard InChI is InChI=1S/C29H31N3O2/c1-22(16-17-32-26-15-9-8-14-25(26)28(33)29(32)34)30-18-20-31(21-19-30)27(23-10-4-2-5-11-23)24-12-6-3-7-13-24/h2-15,22,27H,16-21H2,1H3. The second-order valence-corrected chi connectivity index (χ2v) is 9.24. The van der Waals surface area contributed by atoms with Gasteiger partial charge in [-0.05, 0) is 36.6 Å². The largest absolute Gasteiger partial charge is 0.305 e. The number of ketones is 1. The lowest BCUT2D eigenvalue weighted by molar-refractivity contribution is -0.114. The summed E-state index contributed by atoms with van der Waals surface area (Å²) in [6.45, 7) is 6.75. The summed E-state index contributed by atoms with van der Waals surface area (Å²) in [6, 6.07) is 29.4. The number of rotatable bonds is 7. The maximum atomic E-state index is 12.5. The minimum atomic E-state index is -0.396. The van der Waals surface area contributed by atoms with E-state index in [1.54, 1.807) is 11.0 Å². The van der Waals surface area contributed by atoms with Crippen LogP contribution in [0, 0.1) is 0 Å². The Morgan fingerprint density at radius 3 is 1.85 bits per heavy atom. The van der Waals surface area contributed by atoms with Crippen LogP contribution in [0.3, 0.4) is 0 Å². The lowest BCUT2D eigenvalue weighted by Crippen LogP contribution is -2.51. The van der Waals surface area contributed by atoms with Gasteiger partial charge in [-0.15, -0.1) is 0 Å². The predicted molar refractivity (Wildman–Crippen MR) is 135 cm³/mol. The minimum Gasteiger partial charge on any atom is -0.305 e. The van der Waals surface area contributed by atoms with Crippen molar-refractivity contribution in [2.45, 2.75) is 25.4 Å². The molecular weight excluding hydrogens is 422 g/mol. The van der Waals surface area contributed by atoms with Crippen LogP contribution in [0.1, 0.15) is 40.9 Å². The molecule has 1 saturated heterocycles. The van der Waals surface area contributed by atoms with Gasteiger partial charge in [0.15, 0.2) is 0 Å². The number of fused-ring (bicyclic) bond motifs is 1. The zero-order chi connectivity index (χ0) is 23.5. The average Bonchev–Trinajstić information content (AvgIpc) is 3.14. The van der Waals surface area contributed by atoms with Crippen molar-refractivity contribution < 1.29 is 9.59 Å². The van der Waals surface area contributed by atoms with Crippen LogP contribution in [-0.2, 0) is 4.79 Å². The molecule has 5 heteroatoms. The fourth-order valence-corrected chi connectivity index (χ4v) is 5.29. The van der Waals surface area contributed by atoms with Crippen LogP contribution in [-0.4, -0.2) is 60.3 Å². The third-order valence-corrected chi connectivity index (χ3v) is 7.22. The summed E-state index contributed by atoms with van der Waals surface area (Å²) in [5.74, 6) is -0.781. The van der Waals surface area contributed by atoms with Gasteiger partial charge in [-0.3, -0.25) is 19.4 Å². The topological polar surface area (TPSA) is 43.9 Å². The van der Waals surface area contributed by atoms with Gasteiger partial charge in [0.2, 0.25) is 0 Å². The van der Waals surface area contributed by atoms with Crippen LogP contribution in [0.2, 0.25) is 0 Å². The number of Topliss-reactive ketones (excluding diaryl/α,β-unsaturated/α-hetero) is 1. The van der Waals surface area contributed by atoms with Crippen LogP contribution in [0.5, 0.6) is 0 Å². The Morgan fingerprint density at radius 1 is 0.706 bits per heavy atom. The molecule has 0 N–H and O–H groups in total. The van der Waals surface area contributed by atoms with Gasteiger partial charge in [-0.25, -0.2) is 0 Å². The van der Waals surface area contributed by atoms with E-state index in [9.17, 15) is 9.59 Å². The van der Waals surface area contributed by atoms with Gasteiger partial charge in [0, 0.05) is 38.8 Å². The monoisotopic (exact) mass is 453 g/mol. The lowest BCUT2D eigenvalue weighted by atomic mass is 9.96. The summed E-state index contributed by atoms with van der Waals surface area (Å²) in [4.78, 5) is 31.5. The van der Waals surface area contributed by atoms with Crippen molar-refractivity contribution >= 4 is 17.4 Å². The zero-order valence-corrected chi connectivity index (χ0v) is 19.6. The molecule has 0 bridgehead atoms. The van der Waals surface area contributed by atoms with Crippen molar-refractivity contribution in [2.75, 3.05) is 37.6 Å². The Morgan fingerprint density at radius 2 is 1.24 bits per heavy atom. The number of piperazine rings is 1. The Hall–Kier alpha value is -3.28. The highest BCUT2D eigenvalue weighted by Gasteiger charge is 2.35. The highest BCUT2D eigenvalue weighted by atomic mass is 16.2. The molecule has 174 valence electrons. The van der Waals surface area contributed by atoms with Gasteiger partial charge in [-0.1, -0.05) is 72.8 Å². The average molecular weight is 454 g/mol. The third kappa shape index (κ3) is 4.41. The number of carbonyl (C=O) groups excluding carboxylic acids is 2. The van der Waals surface area contributed by atoms with Crippen molar-refractivity contribution in [1.29, 1.82) is 0 Å². The first-order valence-electron chi connectivity index (χ1n) is 12.2. The first kappa shape index (κ1) is 22.5. The maximum absolute atomic E-state index is 12.5. The quantitative estimate of drug-likeness (QED) is 0.498. The summed E-state index contributed by atoms with van der Waals surface area (Å²) in [5, 5.41) is 0. The van der Waals surface area contributed by atoms with E-state index in [0.717, 1.165) is 38.3 Å². The molecule has 2 aliphatic heterocycles. The number of benzene rings is 3. The maximum Gasteiger partial charge on any atom is 0.299 e. The molecule has 0 saturated carbocycles. The summed E-state index contributed by atoms with van der Waals surface area (Å²) in [5.41, 5.74) is 3.93. The van der Waals surface area contributed by atoms with Gasteiger partial charge in [0.25, 0.3) is 11.7 Å². The molecule has 0 aromatic heterocycles. The molecule has 1 unspecified atom stereocenters. The van der Waals surface area contributed by atoms with E-state index >= 15 is 0 Å². The molecule has 34 heavy (non-hydrogen) atoms. The molecule has 1 fully saturated rings. The number of para-hydroxylation sites is 1. The van der Waals surface area contributed by atoms with Crippen LogP contribution in [0.15, 0.2) is 84.9 Å². The summed E-state index contributed by atoms with van der Waals surface area (Å²) >= 11 is 0. The number of nitrogens with zero attached hydrogens (tertiary/aromatic N) is 3. The summed E-state index contributed by atoms with van der Waals surface area (Å²) in [7, 11) is 0. The SMILES string of the molecule is CC(CCN1C(=O)C(=O)c2ccccc21)N1CCN(C(c2ccccc2)c2ccccc2)CC1. The van der Waals surface area contributed by atoms with Crippen molar-refractivity contribution in [3.8, 4) is 0 Å². The van der Waals surface area contributed by atoms with Gasteiger partial charge in [0.1, 0.15) is 0 Å². The molecule has 3 aromatic rings. The highest BCUT2D eigenvalue weighted by molar-refractivity contribution is 6.52. The van der Waals surface area contributed by atoms with E-state index in [0.29, 0.717) is 18.2 Å². The molecule has 5 rings (SSSR count). The minimum absolute atomic E-state index is 0.254. The molecule has 0 spiro atoms. The number of amides is 1. The summed E-state index contributed by atoms with van der Waals surface area (Å²) in [6.07, 6.45) is 0.841. The third-order valence-electron chi connectivity index (χ3n) is 7.22. The molecule has 1 amide bonds. The Balaban J connectivity index is 1.22. The highest BCUT2D eigenvalue weighted by Crippen LogP contribution is 2.31. The summed E-state index contributed by atoms with van der Waals surface area (Å²) < 4.78 is 0. The normalized spacial score (nSPS) is 17.9. The molecule has 2 aliphatic rings. The molecule has 2 heterocycles. The van der Waals surface area contributed by atoms with Crippen LogP contribution >= 0.6 is 0 Å². The van der Waals surface area contributed by atoms with Gasteiger partial charge in [0.05, 0.1) is 17.3 Å². The Labute approximate surface area is 201 Å². The van der Waals surface area contributed by atoms with Gasteiger partial charge < -0.3 is 4.90 Å². The fraction of sp³-hybridized carbons (Fsp3) is 0.310. The van der Waals surface area contributed by atoms with Crippen molar-refractivity contribution in [2.24, 2.45) is 0 Å². The van der Waals surface area contributed by atoms with E-state index in [2.05, 4.69) is 77.4 Å². The van der Waals surface area contributed by atoms with Crippen LogP contribution in [0.4, 0.5) is 5.69 Å².